The van der Waals surface area contributed by atoms with Crippen LogP contribution < -0.4 is 0 Å². The van der Waals surface area contributed by atoms with Crippen molar-refractivity contribution in [3.05, 3.63) is 35.4 Å². The van der Waals surface area contributed by atoms with Gasteiger partial charge in [-0.1, -0.05) is 23.3 Å². The van der Waals surface area contributed by atoms with Crippen LogP contribution in [-0.2, 0) is 17.4 Å². The van der Waals surface area contributed by atoms with Crippen molar-refractivity contribution in [2.24, 2.45) is 5.41 Å². The Balaban J connectivity index is 1.49. The molecule has 1 aromatic rings. The van der Waals surface area contributed by atoms with E-state index in [4.69, 9.17) is 0 Å². The molecule has 2 heterocycles. The molecule has 2 fully saturated rings. The second kappa shape index (κ2) is 6.26. The molecule has 1 spiro atoms. The number of likely N-dealkylation sites (tertiary alicyclic amines) is 1. The van der Waals surface area contributed by atoms with Gasteiger partial charge in [0.15, 0.2) is 0 Å². The molecule has 2 aliphatic rings. The van der Waals surface area contributed by atoms with Crippen molar-refractivity contribution < 1.29 is 22.1 Å². The van der Waals surface area contributed by atoms with Crippen molar-refractivity contribution in [3.8, 4) is 0 Å². The number of halogens is 4. The van der Waals surface area contributed by atoms with Gasteiger partial charge in [0, 0.05) is 13.1 Å². The Hall–Kier alpha value is -0.790. The third kappa shape index (κ3) is 3.83. The molecule has 0 N–H and O–H groups in total. The number of hydrogen-bond donors (Lipinski definition) is 0. The topological polar surface area (TPSA) is 26.3 Å². The van der Waals surface area contributed by atoms with Gasteiger partial charge in [0.25, 0.3) is 0 Å². The summed E-state index contributed by atoms with van der Waals surface area (Å²) in [5.41, 5.74) is -0.296. The molecule has 0 amide bonds. The number of hydrogen-bond acceptors (Lipinski definition) is 2. The van der Waals surface area contributed by atoms with Crippen LogP contribution in [-0.4, -0.2) is 40.6 Å². The van der Waals surface area contributed by atoms with E-state index in [0.717, 1.165) is 43.1 Å². The molecular weight excluding hydrogens is 330 g/mol. The van der Waals surface area contributed by atoms with E-state index >= 15 is 0 Å². The highest BCUT2D eigenvalue weighted by atomic mass is 32.2. The molecule has 2 saturated heterocycles. The average Bonchev–Trinajstić information content (AvgIpc) is 2.88. The Morgan fingerprint density at radius 3 is 2.43 bits per heavy atom. The molecule has 2 aliphatic heterocycles. The van der Waals surface area contributed by atoms with Crippen LogP contribution in [0.25, 0.3) is 0 Å². The summed E-state index contributed by atoms with van der Waals surface area (Å²) >= 11 is -0.681. The van der Waals surface area contributed by atoms with Crippen LogP contribution in [0.3, 0.4) is 0 Å². The number of alkyl halides is 4. The number of benzene rings is 1. The minimum absolute atomic E-state index is 0.172. The van der Waals surface area contributed by atoms with E-state index in [1.807, 2.05) is 0 Å². The highest BCUT2D eigenvalue weighted by Gasteiger charge is 2.52. The van der Waals surface area contributed by atoms with Gasteiger partial charge in [-0.2, -0.15) is 13.2 Å². The van der Waals surface area contributed by atoms with Gasteiger partial charge in [-0.05, 0) is 37.1 Å². The van der Waals surface area contributed by atoms with Crippen molar-refractivity contribution in [1.29, 1.82) is 0 Å². The molecule has 2 nitrogen and oxygen atoms in total. The van der Waals surface area contributed by atoms with Crippen LogP contribution in [0.15, 0.2) is 24.3 Å². The van der Waals surface area contributed by atoms with E-state index in [2.05, 4.69) is 4.90 Å². The minimum atomic E-state index is -4.39. The summed E-state index contributed by atoms with van der Waals surface area (Å²) in [7, 11) is 0. The van der Waals surface area contributed by atoms with Crippen LogP contribution >= 0.6 is 0 Å². The zero-order valence-electron chi connectivity index (χ0n) is 12.6. The van der Waals surface area contributed by atoms with Crippen LogP contribution in [0, 0.1) is 5.41 Å². The predicted octanol–water partition coefficient (Wildman–Crippen LogP) is 3.56. The lowest BCUT2D eigenvalue weighted by Gasteiger charge is -2.38. The molecular formula is C16H19F4NOS. The standard InChI is InChI=1S/C16H19F4NOS/c17-14(12-1-3-13(4-2-12)16(18,19)20)5-7-21-8-6-15(9-21)10-23(22)11-15/h1-4,14H,5-11H2. The van der Waals surface area contributed by atoms with Gasteiger partial charge in [-0.25, -0.2) is 4.39 Å². The van der Waals surface area contributed by atoms with Crippen molar-refractivity contribution in [2.45, 2.75) is 25.2 Å². The van der Waals surface area contributed by atoms with Crippen LogP contribution in [0.4, 0.5) is 17.6 Å². The van der Waals surface area contributed by atoms with Gasteiger partial charge in [0.05, 0.1) is 11.0 Å². The third-order valence-corrected chi connectivity index (χ3v) is 6.62. The molecule has 0 aromatic heterocycles. The van der Waals surface area contributed by atoms with Gasteiger partial charge >= 0.3 is 6.18 Å². The second-order valence-electron chi connectivity index (χ2n) is 6.63. The van der Waals surface area contributed by atoms with Crippen molar-refractivity contribution in [2.75, 3.05) is 31.1 Å². The Morgan fingerprint density at radius 1 is 1.22 bits per heavy atom. The summed E-state index contributed by atoms with van der Waals surface area (Å²) < 4.78 is 63.0. The molecule has 3 rings (SSSR count). The van der Waals surface area contributed by atoms with Crippen molar-refractivity contribution in [3.63, 3.8) is 0 Å². The Kier molecular flexibility index (Phi) is 4.64. The summed E-state index contributed by atoms with van der Waals surface area (Å²) in [6.45, 7) is 2.33. The lowest BCUT2D eigenvalue weighted by molar-refractivity contribution is -0.137. The normalized spacial score (nSPS) is 29.7. The van der Waals surface area contributed by atoms with E-state index in [-0.39, 0.29) is 17.4 Å². The zero-order valence-corrected chi connectivity index (χ0v) is 13.4. The van der Waals surface area contributed by atoms with Gasteiger partial charge in [0.1, 0.15) is 17.7 Å². The molecule has 0 bridgehead atoms. The van der Waals surface area contributed by atoms with E-state index in [9.17, 15) is 22.1 Å². The summed E-state index contributed by atoms with van der Waals surface area (Å²) in [4.78, 5) is 2.17. The maximum absolute atomic E-state index is 14.2. The molecule has 1 atom stereocenters. The monoisotopic (exact) mass is 349 g/mol. The van der Waals surface area contributed by atoms with E-state index in [1.54, 1.807) is 0 Å². The SMILES string of the molecule is [O-][S+]1CC2(CCN(CCC(F)c3ccc(C(F)(F)F)cc3)C2)C1. The first-order valence-corrected chi connectivity index (χ1v) is 9.15. The fourth-order valence-corrected chi connectivity index (χ4v) is 5.19. The molecule has 0 radical (unpaired) electrons. The Bertz CT molecular complexity index is 542. The zero-order chi connectivity index (χ0) is 16.7. The van der Waals surface area contributed by atoms with Crippen LogP contribution in [0.2, 0.25) is 0 Å². The predicted molar refractivity (Wildman–Crippen MR) is 81.3 cm³/mol. The van der Waals surface area contributed by atoms with Gasteiger partial charge < -0.3 is 9.45 Å². The maximum Gasteiger partial charge on any atom is 0.416 e. The summed E-state index contributed by atoms with van der Waals surface area (Å²) in [6, 6.07) is 4.29. The lowest BCUT2D eigenvalue weighted by atomic mass is 9.91. The molecule has 23 heavy (non-hydrogen) atoms. The van der Waals surface area contributed by atoms with E-state index < -0.39 is 29.1 Å². The molecule has 1 aromatic carbocycles. The van der Waals surface area contributed by atoms with Crippen LogP contribution in [0.1, 0.15) is 30.1 Å². The average molecular weight is 349 g/mol. The first-order chi connectivity index (χ1) is 10.8. The summed E-state index contributed by atoms with van der Waals surface area (Å²) in [6.07, 6.45) is -4.37. The Morgan fingerprint density at radius 2 is 1.87 bits per heavy atom. The van der Waals surface area contributed by atoms with Crippen molar-refractivity contribution in [1.82, 2.24) is 4.90 Å². The third-order valence-electron chi connectivity index (χ3n) is 4.75. The molecule has 1 unspecified atom stereocenters. The largest absolute Gasteiger partial charge is 0.616 e. The number of nitrogens with zero attached hydrogens (tertiary/aromatic N) is 1. The van der Waals surface area contributed by atoms with Gasteiger partial charge in [-0.15, -0.1) is 0 Å². The highest BCUT2D eigenvalue weighted by molar-refractivity contribution is 7.92. The molecule has 7 heteroatoms. The highest BCUT2D eigenvalue weighted by Crippen LogP contribution is 2.41. The molecule has 0 saturated carbocycles. The fourth-order valence-electron chi connectivity index (χ4n) is 3.44. The van der Waals surface area contributed by atoms with Crippen LogP contribution in [0.5, 0.6) is 0 Å². The van der Waals surface area contributed by atoms with E-state index in [1.165, 1.54) is 12.1 Å². The first kappa shape index (κ1) is 17.0. The van der Waals surface area contributed by atoms with E-state index in [0.29, 0.717) is 6.54 Å². The van der Waals surface area contributed by atoms with Crippen molar-refractivity contribution >= 4 is 11.2 Å². The minimum Gasteiger partial charge on any atom is -0.616 e. The summed E-state index contributed by atoms with van der Waals surface area (Å²) in [5.74, 6) is 1.50. The fraction of sp³-hybridized carbons (Fsp3) is 0.625. The maximum atomic E-state index is 14.2. The summed E-state index contributed by atoms with van der Waals surface area (Å²) in [5, 5.41) is 0. The molecule has 128 valence electrons. The lowest BCUT2D eigenvalue weighted by Crippen LogP contribution is -2.50. The second-order valence-corrected chi connectivity index (χ2v) is 8.09. The smallest absolute Gasteiger partial charge is 0.416 e. The quantitative estimate of drug-likeness (QED) is 0.614. The van der Waals surface area contributed by atoms with Gasteiger partial charge in [-0.3, -0.25) is 0 Å². The first-order valence-electron chi connectivity index (χ1n) is 7.66. The molecule has 0 aliphatic carbocycles. The van der Waals surface area contributed by atoms with Gasteiger partial charge in [0.2, 0.25) is 0 Å². The Labute approximate surface area is 136 Å². The number of rotatable bonds is 4.